The third-order valence-corrected chi connectivity index (χ3v) is 4.46. The van der Waals surface area contributed by atoms with Crippen LogP contribution in [0.4, 0.5) is 0 Å². The van der Waals surface area contributed by atoms with Crippen molar-refractivity contribution in [2.75, 3.05) is 13.1 Å². The highest BCUT2D eigenvalue weighted by Gasteiger charge is 2.28. The lowest BCUT2D eigenvalue weighted by atomic mass is 9.94. The summed E-state index contributed by atoms with van der Waals surface area (Å²) in [6.45, 7) is 6.74. The third-order valence-electron chi connectivity index (χ3n) is 4.46. The molecule has 0 saturated heterocycles. The van der Waals surface area contributed by atoms with Crippen molar-refractivity contribution in [1.82, 2.24) is 4.90 Å². The minimum Gasteiger partial charge on any atom is -0.481 e. The van der Waals surface area contributed by atoms with E-state index < -0.39 is 23.9 Å². The molecule has 0 saturated carbocycles. The second-order valence-corrected chi connectivity index (χ2v) is 6.79. The topological polar surface area (TPSA) is 121 Å². The molecule has 146 valence electrons. The molecule has 4 N–H and O–H groups in total. The number of carboxylic acid groups (broad SMARTS) is 2. The summed E-state index contributed by atoms with van der Waals surface area (Å²) in [7, 11) is 0. The molecule has 0 unspecified atom stereocenters. The molecule has 25 heavy (non-hydrogen) atoms. The molecule has 0 aliphatic carbocycles. The van der Waals surface area contributed by atoms with E-state index in [9.17, 15) is 14.4 Å². The number of carbonyl (C=O) groups excluding carboxylic acids is 1. The van der Waals surface area contributed by atoms with E-state index in [0.29, 0.717) is 19.5 Å². The van der Waals surface area contributed by atoms with E-state index in [1.54, 1.807) is 0 Å². The Morgan fingerprint density at radius 3 is 1.52 bits per heavy atom. The van der Waals surface area contributed by atoms with Crippen molar-refractivity contribution in [3.8, 4) is 0 Å². The van der Waals surface area contributed by atoms with Gasteiger partial charge >= 0.3 is 11.9 Å². The first kappa shape index (κ1) is 23.4. The average molecular weight is 358 g/mol. The summed E-state index contributed by atoms with van der Waals surface area (Å²) < 4.78 is 0. The van der Waals surface area contributed by atoms with Crippen LogP contribution in [0.15, 0.2) is 0 Å². The number of rotatable bonds is 15. The van der Waals surface area contributed by atoms with Gasteiger partial charge in [-0.3, -0.25) is 19.3 Å². The van der Waals surface area contributed by atoms with Crippen LogP contribution in [0, 0.1) is 11.8 Å². The number of aliphatic carboxylic acids is 2. The van der Waals surface area contributed by atoms with Gasteiger partial charge in [0.25, 0.3) is 0 Å². The molecule has 3 atom stereocenters. The summed E-state index contributed by atoms with van der Waals surface area (Å²) in [5.74, 6) is -2.33. The van der Waals surface area contributed by atoms with Crippen LogP contribution in [0.25, 0.3) is 0 Å². The monoisotopic (exact) mass is 358 g/mol. The second kappa shape index (κ2) is 12.7. The standard InChI is InChI=1S/C18H34N2O5/c1-4-7-13(9-16(21)22)11-20(15(6-3)18(19)25)12-14(8-5-2)10-17(23)24/h13-15H,4-12H2,1-3H3,(H2,19,25)(H,21,22)(H,23,24)/t13-,14-,15+/m1/s1. The molecule has 0 aliphatic heterocycles. The van der Waals surface area contributed by atoms with Gasteiger partial charge in [-0.25, -0.2) is 0 Å². The summed E-state index contributed by atoms with van der Waals surface area (Å²) in [5, 5.41) is 18.3. The Morgan fingerprint density at radius 1 is 0.880 bits per heavy atom. The smallest absolute Gasteiger partial charge is 0.303 e. The maximum absolute atomic E-state index is 11.8. The molecule has 0 aromatic heterocycles. The molecule has 0 spiro atoms. The fourth-order valence-corrected chi connectivity index (χ4v) is 3.46. The van der Waals surface area contributed by atoms with E-state index in [1.165, 1.54) is 0 Å². The predicted octanol–water partition coefficient (Wildman–Crippen LogP) is 2.33. The number of nitrogens with zero attached hydrogens (tertiary/aromatic N) is 1. The molecule has 0 radical (unpaired) electrons. The van der Waals surface area contributed by atoms with E-state index >= 15 is 0 Å². The van der Waals surface area contributed by atoms with Gasteiger partial charge in [-0.2, -0.15) is 0 Å². The Hall–Kier alpha value is -1.63. The van der Waals surface area contributed by atoms with Crippen LogP contribution in [0.5, 0.6) is 0 Å². The van der Waals surface area contributed by atoms with E-state index in [1.807, 2.05) is 25.7 Å². The molecule has 7 nitrogen and oxygen atoms in total. The molecule has 0 bridgehead atoms. The zero-order valence-electron chi connectivity index (χ0n) is 15.7. The van der Waals surface area contributed by atoms with Crippen molar-refractivity contribution in [1.29, 1.82) is 0 Å². The number of carbonyl (C=O) groups is 3. The number of carboxylic acids is 2. The minimum atomic E-state index is -0.860. The molecule has 0 fully saturated rings. The van der Waals surface area contributed by atoms with Crippen molar-refractivity contribution in [3.05, 3.63) is 0 Å². The van der Waals surface area contributed by atoms with Crippen molar-refractivity contribution < 1.29 is 24.6 Å². The summed E-state index contributed by atoms with van der Waals surface area (Å²) in [5.41, 5.74) is 5.54. The summed E-state index contributed by atoms with van der Waals surface area (Å²) in [4.78, 5) is 36.0. The van der Waals surface area contributed by atoms with Gasteiger partial charge in [0, 0.05) is 25.9 Å². The Morgan fingerprint density at radius 2 is 1.28 bits per heavy atom. The zero-order chi connectivity index (χ0) is 19.4. The molecular weight excluding hydrogens is 324 g/mol. The lowest BCUT2D eigenvalue weighted by Gasteiger charge is -2.34. The van der Waals surface area contributed by atoms with Gasteiger partial charge in [0.15, 0.2) is 0 Å². The van der Waals surface area contributed by atoms with Crippen LogP contribution >= 0.6 is 0 Å². The summed E-state index contributed by atoms with van der Waals surface area (Å²) >= 11 is 0. The lowest BCUT2D eigenvalue weighted by Crippen LogP contribution is -2.48. The highest BCUT2D eigenvalue weighted by Crippen LogP contribution is 2.21. The van der Waals surface area contributed by atoms with Crippen molar-refractivity contribution in [2.45, 2.75) is 71.8 Å². The van der Waals surface area contributed by atoms with Crippen LogP contribution in [0.3, 0.4) is 0 Å². The van der Waals surface area contributed by atoms with E-state index in [2.05, 4.69) is 0 Å². The highest BCUT2D eigenvalue weighted by molar-refractivity contribution is 5.79. The summed E-state index contributed by atoms with van der Waals surface area (Å²) in [6, 6.07) is -0.499. The molecule has 0 aromatic rings. The van der Waals surface area contributed by atoms with Gasteiger partial charge in [-0.05, 0) is 31.1 Å². The zero-order valence-corrected chi connectivity index (χ0v) is 15.7. The van der Waals surface area contributed by atoms with Crippen LogP contribution < -0.4 is 5.73 Å². The fraction of sp³-hybridized carbons (Fsp3) is 0.833. The number of amides is 1. The maximum Gasteiger partial charge on any atom is 0.303 e. The van der Waals surface area contributed by atoms with Crippen LogP contribution in [-0.4, -0.2) is 52.1 Å². The number of hydrogen-bond acceptors (Lipinski definition) is 4. The largest absolute Gasteiger partial charge is 0.481 e. The predicted molar refractivity (Wildman–Crippen MR) is 96.1 cm³/mol. The quantitative estimate of drug-likeness (QED) is 0.413. The molecule has 0 aromatic carbocycles. The Kier molecular flexibility index (Phi) is 11.9. The first-order valence-corrected chi connectivity index (χ1v) is 9.21. The third kappa shape index (κ3) is 10.1. The van der Waals surface area contributed by atoms with Gasteiger partial charge < -0.3 is 15.9 Å². The van der Waals surface area contributed by atoms with Crippen LogP contribution in [-0.2, 0) is 14.4 Å². The number of primary amides is 1. The fourth-order valence-electron chi connectivity index (χ4n) is 3.46. The highest BCUT2D eigenvalue weighted by atomic mass is 16.4. The van der Waals surface area contributed by atoms with Gasteiger partial charge in [0.1, 0.15) is 0 Å². The Labute approximate surface area is 150 Å². The Bertz CT molecular complexity index is 400. The second-order valence-electron chi connectivity index (χ2n) is 6.79. The molecule has 0 rings (SSSR count). The number of nitrogens with two attached hydrogens (primary N) is 1. The molecule has 0 aliphatic rings. The molecule has 1 amide bonds. The molecule has 7 heteroatoms. The van der Waals surface area contributed by atoms with Gasteiger partial charge in [-0.15, -0.1) is 0 Å². The first-order valence-electron chi connectivity index (χ1n) is 9.21. The summed E-state index contributed by atoms with van der Waals surface area (Å²) in [6.07, 6.45) is 3.80. The normalized spacial score (nSPS) is 14.9. The van der Waals surface area contributed by atoms with Crippen molar-refractivity contribution in [2.24, 2.45) is 17.6 Å². The maximum atomic E-state index is 11.8. The number of hydrogen-bond donors (Lipinski definition) is 3. The van der Waals surface area contributed by atoms with Crippen molar-refractivity contribution in [3.63, 3.8) is 0 Å². The van der Waals surface area contributed by atoms with Gasteiger partial charge in [0.2, 0.25) is 5.91 Å². The van der Waals surface area contributed by atoms with E-state index in [0.717, 1.165) is 25.7 Å². The Balaban J connectivity index is 5.32. The first-order chi connectivity index (χ1) is 11.7. The average Bonchev–Trinajstić information content (AvgIpc) is 2.46. The lowest BCUT2D eigenvalue weighted by molar-refractivity contribution is -0.139. The van der Waals surface area contributed by atoms with Crippen molar-refractivity contribution >= 4 is 17.8 Å². The molecular formula is C18H34N2O5. The minimum absolute atomic E-state index is 0.0386. The van der Waals surface area contributed by atoms with Crippen LogP contribution in [0.2, 0.25) is 0 Å². The molecule has 0 heterocycles. The van der Waals surface area contributed by atoms with Crippen LogP contribution in [0.1, 0.15) is 65.7 Å². The van der Waals surface area contributed by atoms with Gasteiger partial charge in [-0.1, -0.05) is 33.6 Å². The SMILES string of the molecule is CCC[C@H](CC(=O)O)CN(C[C@H](CCC)CC(=O)O)[C@@H](CC)C(N)=O. The van der Waals surface area contributed by atoms with E-state index in [4.69, 9.17) is 15.9 Å². The van der Waals surface area contributed by atoms with Gasteiger partial charge in [0.05, 0.1) is 6.04 Å². The van der Waals surface area contributed by atoms with E-state index in [-0.39, 0.29) is 24.7 Å².